The smallest absolute Gasteiger partial charge is 0.305 e. The van der Waals surface area contributed by atoms with Crippen molar-refractivity contribution < 1.29 is 9.53 Å². The molecule has 0 spiro atoms. The Balaban J connectivity index is 3.23. The maximum atomic E-state index is 11.6. The van der Waals surface area contributed by atoms with E-state index in [2.05, 4.69) is 30.9 Å². The van der Waals surface area contributed by atoms with E-state index in [0.717, 1.165) is 25.9 Å². The number of carbonyl (C=O) groups excluding carboxylic acids is 1. The zero-order valence-electron chi connectivity index (χ0n) is 17.9. The maximum absolute atomic E-state index is 11.6. The van der Waals surface area contributed by atoms with Crippen molar-refractivity contribution in [2.75, 3.05) is 26.7 Å². The molecule has 0 amide bonds. The SMILES string of the molecule is CCCCCCCC/C=C\CCCCCCCC(=O)OCCN(C)CC. The molecular formula is C23H45NO2. The molecule has 0 aromatic rings. The highest BCUT2D eigenvalue weighted by Crippen LogP contribution is 2.10. The standard InChI is InChI=1S/C23H45NO2/c1-4-6-7-8-9-10-11-12-13-14-15-16-17-18-19-20-23(25)26-22-21-24(3)5-2/h12-13H,4-11,14-22H2,1-3H3/b13-12-. The molecule has 0 radical (unpaired) electrons. The minimum absolute atomic E-state index is 0.0351. The zero-order valence-corrected chi connectivity index (χ0v) is 17.9. The number of hydrogen-bond acceptors (Lipinski definition) is 3. The molecule has 0 aromatic carbocycles. The van der Waals surface area contributed by atoms with E-state index < -0.39 is 0 Å². The molecule has 0 aromatic heterocycles. The maximum Gasteiger partial charge on any atom is 0.305 e. The van der Waals surface area contributed by atoms with Gasteiger partial charge in [0, 0.05) is 13.0 Å². The summed E-state index contributed by atoms with van der Waals surface area (Å²) in [5.41, 5.74) is 0. The molecule has 0 unspecified atom stereocenters. The number of unbranched alkanes of at least 4 members (excludes halogenated alkanes) is 11. The Bertz CT molecular complexity index is 328. The average molecular weight is 368 g/mol. The number of hydrogen-bond donors (Lipinski definition) is 0. The summed E-state index contributed by atoms with van der Waals surface area (Å²) >= 11 is 0. The normalized spacial score (nSPS) is 11.5. The van der Waals surface area contributed by atoms with E-state index in [0.29, 0.717) is 13.0 Å². The third-order valence-corrected chi connectivity index (χ3v) is 4.92. The van der Waals surface area contributed by atoms with Crippen LogP contribution in [0.4, 0.5) is 0 Å². The van der Waals surface area contributed by atoms with Crippen LogP contribution in [0.5, 0.6) is 0 Å². The van der Waals surface area contributed by atoms with Gasteiger partial charge in [-0.05, 0) is 45.7 Å². The number of nitrogens with zero attached hydrogens (tertiary/aromatic N) is 1. The quantitative estimate of drug-likeness (QED) is 0.148. The third-order valence-electron chi connectivity index (χ3n) is 4.92. The van der Waals surface area contributed by atoms with E-state index in [-0.39, 0.29) is 5.97 Å². The van der Waals surface area contributed by atoms with E-state index in [1.165, 1.54) is 70.6 Å². The summed E-state index contributed by atoms with van der Waals surface area (Å²) in [7, 11) is 2.04. The van der Waals surface area contributed by atoms with Crippen LogP contribution in [0.15, 0.2) is 12.2 Å². The van der Waals surface area contributed by atoms with Crippen molar-refractivity contribution in [3.63, 3.8) is 0 Å². The lowest BCUT2D eigenvalue weighted by molar-refractivity contribution is -0.144. The fraction of sp³-hybridized carbons (Fsp3) is 0.870. The third kappa shape index (κ3) is 19.5. The molecule has 0 aliphatic heterocycles. The lowest BCUT2D eigenvalue weighted by Crippen LogP contribution is -2.23. The molecule has 0 rings (SSSR count). The summed E-state index contributed by atoms with van der Waals surface area (Å²) in [6.07, 6.45) is 22.0. The summed E-state index contributed by atoms with van der Waals surface area (Å²) < 4.78 is 5.24. The van der Waals surface area contributed by atoms with Crippen LogP contribution in [0, 0.1) is 0 Å². The summed E-state index contributed by atoms with van der Waals surface area (Å²) in [5.74, 6) is -0.0351. The highest BCUT2D eigenvalue weighted by molar-refractivity contribution is 5.69. The molecule has 26 heavy (non-hydrogen) atoms. The van der Waals surface area contributed by atoms with Crippen LogP contribution in [0.25, 0.3) is 0 Å². The van der Waals surface area contributed by atoms with Crippen molar-refractivity contribution in [2.24, 2.45) is 0 Å². The van der Waals surface area contributed by atoms with Gasteiger partial charge in [0.25, 0.3) is 0 Å². The largest absolute Gasteiger partial charge is 0.464 e. The van der Waals surface area contributed by atoms with Gasteiger partial charge in [-0.3, -0.25) is 4.79 Å². The number of ether oxygens (including phenoxy) is 1. The number of esters is 1. The Morgan fingerprint density at radius 2 is 1.35 bits per heavy atom. The van der Waals surface area contributed by atoms with Gasteiger partial charge in [-0.25, -0.2) is 0 Å². The van der Waals surface area contributed by atoms with Crippen molar-refractivity contribution in [1.29, 1.82) is 0 Å². The van der Waals surface area contributed by atoms with Gasteiger partial charge in [0.2, 0.25) is 0 Å². The summed E-state index contributed by atoms with van der Waals surface area (Å²) in [6, 6.07) is 0. The summed E-state index contributed by atoms with van der Waals surface area (Å²) in [5, 5.41) is 0. The number of allylic oxidation sites excluding steroid dienone is 2. The van der Waals surface area contributed by atoms with Crippen LogP contribution in [0.3, 0.4) is 0 Å². The monoisotopic (exact) mass is 367 g/mol. The van der Waals surface area contributed by atoms with Crippen molar-refractivity contribution in [2.45, 2.75) is 104 Å². The first kappa shape index (κ1) is 25.2. The Labute approximate surface area is 163 Å². The van der Waals surface area contributed by atoms with E-state index in [4.69, 9.17) is 4.74 Å². The minimum Gasteiger partial charge on any atom is -0.464 e. The Kier molecular flexibility index (Phi) is 19.8. The lowest BCUT2D eigenvalue weighted by Gasteiger charge is -2.13. The van der Waals surface area contributed by atoms with Gasteiger partial charge < -0.3 is 9.64 Å². The van der Waals surface area contributed by atoms with Crippen molar-refractivity contribution in [3.8, 4) is 0 Å². The number of rotatable bonds is 19. The molecule has 3 heteroatoms. The van der Waals surface area contributed by atoms with Gasteiger partial charge in [-0.1, -0.05) is 77.4 Å². The van der Waals surface area contributed by atoms with Gasteiger partial charge in [-0.15, -0.1) is 0 Å². The van der Waals surface area contributed by atoms with E-state index >= 15 is 0 Å². The summed E-state index contributed by atoms with van der Waals surface area (Å²) in [6.45, 7) is 6.72. The molecule has 0 fully saturated rings. The first-order valence-electron chi connectivity index (χ1n) is 11.2. The molecule has 154 valence electrons. The molecule has 0 bridgehead atoms. The van der Waals surface area contributed by atoms with E-state index in [1.54, 1.807) is 0 Å². The second-order valence-electron chi connectivity index (χ2n) is 7.45. The van der Waals surface area contributed by atoms with Crippen LogP contribution in [0.1, 0.15) is 104 Å². The Morgan fingerprint density at radius 3 is 1.92 bits per heavy atom. The first-order valence-corrected chi connectivity index (χ1v) is 11.2. The second-order valence-corrected chi connectivity index (χ2v) is 7.45. The van der Waals surface area contributed by atoms with Gasteiger partial charge >= 0.3 is 5.97 Å². The van der Waals surface area contributed by atoms with Crippen molar-refractivity contribution >= 4 is 5.97 Å². The van der Waals surface area contributed by atoms with E-state index in [9.17, 15) is 4.79 Å². The molecule has 0 saturated heterocycles. The van der Waals surface area contributed by atoms with Gasteiger partial charge in [-0.2, -0.15) is 0 Å². The van der Waals surface area contributed by atoms with Crippen LogP contribution in [-0.4, -0.2) is 37.6 Å². The van der Waals surface area contributed by atoms with Gasteiger partial charge in [0.05, 0.1) is 0 Å². The van der Waals surface area contributed by atoms with Crippen molar-refractivity contribution in [3.05, 3.63) is 12.2 Å². The molecule has 0 saturated carbocycles. The number of likely N-dealkylation sites (N-methyl/N-ethyl adjacent to an activating group) is 1. The van der Waals surface area contributed by atoms with Crippen LogP contribution in [0.2, 0.25) is 0 Å². The fourth-order valence-electron chi connectivity index (χ4n) is 2.89. The van der Waals surface area contributed by atoms with E-state index in [1.807, 2.05) is 7.05 Å². The molecule has 3 nitrogen and oxygen atoms in total. The highest BCUT2D eigenvalue weighted by atomic mass is 16.5. The predicted octanol–water partition coefficient (Wildman–Crippen LogP) is 6.52. The topological polar surface area (TPSA) is 29.5 Å². The fourth-order valence-corrected chi connectivity index (χ4v) is 2.89. The van der Waals surface area contributed by atoms with Crippen LogP contribution in [-0.2, 0) is 9.53 Å². The summed E-state index contributed by atoms with van der Waals surface area (Å²) in [4.78, 5) is 13.7. The molecule has 0 aliphatic rings. The molecule has 0 heterocycles. The van der Waals surface area contributed by atoms with Gasteiger partial charge in [0.15, 0.2) is 0 Å². The first-order chi connectivity index (χ1) is 12.7. The van der Waals surface area contributed by atoms with Crippen molar-refractivity contribution in [1.82, 2.24) is 4.90 Å². The lowest BCUT2D eigenvalue weighted by atomic mass is 10.1. The highest BCUT2D eigenvalue weighted by Gasteiger charge is 2.03. The average Bonchev–Trinajstić information content (AvgIpc) is 2.64. The molecule has 0 atom stereocenters. The second kappa shape index (κ2) is 20.5. The predicted molar refractivity (Wildman–Crippen MR) is 114 cm³/mol. The Hall–Kier alpha value is -0.830. The van der Waals surface area contributed by atoms with Crippen LogP contribution < -0.4 is 0 Å². The van der Waals surface area contributed by atoms with Gasteiger partial charge in [0.1, 0.15) is 6.61 Å². The molecular weight excluding hydrogens is 322 g/mol. The number of carbonyl (C=O) groups is 1. The molecule has 0 aliphatic carbocycles. The molecule has 0 N–H and O–H groups in total. The zero-order chi connectivity index (χ0) is 19.3. The Morgan fingerprint density at radius 1 is 0.808 bits per heavy atom. The van der Waals surface area contributed by atoms with Crippen LogP contribution >= 0.6 is 0 Å². The minimum atomic E-state index is -0.0351.